The van der Waals surface area contributed by atoms with E-state index < -0.39 is 10.0 Å². The molecule has 1 unspecified atom stereocenters. The molecule has 2 rings (SSSR count). The second-order valence-corrected chi connectivity index (χ2v) is 7.54. The van der Waals surface area contributed by atoms with Crippen molar-refractivity contribution in [2.75, 3.05) is 26.7 Å². The molecule has 0 saturated carbocycles. The van der Waals surface area contributed by atoms with Crippen LogP contribution in [0.25, 0.3) is 0 Å². The normalized spacial score (nSPS) is 22.3. The number of hydrogen-bond acceptors (Lipinski definition) is 5. The minimum atomic E-state index is -3.59. The molecule has 0 bridgehead atoms. The number of sulfonamides is 1. The van der Waals surface area contributed by atoms with Crippen LogP contribution < -0.4 is 0 Å². The number of aliphatic hydroxyl groups is 1. The van der Waals surface area contributed by atoms with Crippen molar-refractivity contribution in [3.8, 4) is 0 Å². The number of hydrogen-bond donors (Lipinski definition) is 1. The second kappa shape index (κ2) is 6.15. The summed E-state index contributed by atoms with van der Waals surface area (Å²) in [5.74, 6) is 0.233. The average Bonchev–Trinajstić information content (AvgIpc) is 2.81. The maximum absolute atomic E-state index is 12.6. The molecular weight excluding hydrogens is 348 g/mol. The molecule has 20 heavy (non-hydrogen) atoms. The molecule has 1 aromatic heterocycles. The lowest BCUT2D eigenvalue weighted by molar-refractivity contribution is 0.144. The molecule has 0 aromatic carbocycles. The van der Waals surface area contributed by atoms with Crippen LogP contribution in [0.5, 0.6) is 0 Å². The maximum Gasteiger partial charge on any atom is 0.247 e. The number of piperazine rings is 1. The van der Waals surface area contributed by atoms with Gasteiger partial charge in [0.1, 0.15) is 17.3 Å². The molecule has 1 aliphatic heterocycles. The Morgan fingerprint density at radius 3 is 2.75 bits per heavy atom. The number of furan rings is 1. The summed E-state index contributed by atoms with van der Waals surface area (Å²) in [6.45, 7) is 3.37. The topological polar surface area (TPSA) is 74.0 Å². The van der Waals surface area contributed by atoms with Crippen LogP contribution in [0.1, 0.15) is 19.1 Å². The summed E-state index contributed by atoms with van der Waals surface area (Å²) in [7, 11) is -1.58. The summed E-state index contributed by atoms with van der Waals surface area (Å²) in [5, 5.41) is 9.04. The van der Waals surface area contributed by atoms with Crippen molar-refractivity contribution in [3.05, 3.63) is 16.5 Å². The molecule has 8 heteroatoms. The van der Waals surface area contributed by atoms with Crippen LogP contribution >= 0.6 is 15.9 Å². The maximum atomic E-state index is 12.6. The number of nitrogens with zero attached hydrogens (tertiary/aromatic N) is 2. The van der Waals surface area contributed by atoms with Gasteiger partial charge in [-0.1, -0.05) is 6.92 Å². The first-order valence-corrected chi connectivity index (χ1v) is 8.73. The standard InChI is InChI=1S/C12H19BrN2O4S/c1-3-9-7-15(5-4-14(9)2)20(17,18)11-6-10(8-16)19-12(11)13/h6,9,16H,3-5,7-8H2,1-2H3. The van der Waals surface area contributed by atoms with Gasteiger partial charge in [-0.25, -0.2) is 8.42 Å². The fraction of sp³-hybridized carbons (Fsp3) is 0.667. The number of halogens is 1. The fourth-order valence-corrected chi connectivity index (χ4v) is 4.80. The molecule has 0 amide bonds. The van der Waals surface area contributed by atoms with Crippen molar-refractivity contribution in [3.63, 3.8) is 0 Å². The summed E-state index contributed by atoms with van der Waals surface area (Å²) in [5.41, 5.74) is 0. The first-order valence-electron chi connectivity index (χ1n) is 6.49. The van der Waals surface area contributed by atoms with E-state index in [1.54, 1.807) is 0 Å². The van der Waals surface area contributed by atoms with Gasteiger partial charge < -0.3 is 14.4 Å². The third kappa shape index (κ3) is 2.94. The van der Waals surface area contributed by atoms with Crippen LogP contribution in [0.3, 0.4) is 0 Å². The Hall–Kier alpha value is -0.410. The monoisotopic (exact) mass is 366 g/mol. The zero-order chi connectivity index (χ0) is 14.9. The molecule has 1 aromatic rings. The van der Waals surface area contributed by atoms with Gasteiger partial charge in [0, 0.05) is 31.7 Å². The van der Waals surface area contributed by atoms with Gasteiger partial charge in [0.25, 0.3) is 0 Å². The van der Waals surface area contributed by atoms with Crippen LogP contribution in [0.4, 0.5) is 0 Å². The lowest BCUT2D eigenvalue weighted by Crippen LogP contribution is -2.52. The first kappa shape index (κ1) is 16.0. The highest BCUT2D eigenvalue weighted by Crippen LogP contribution is 2.30. The van der Waals surface area contributed by atoms with Gasteiger partial charge in [-0.05, 0) is 29.4 Å². The van der Waals surface area contributed by atoms with Crippen LogP contribution in [0.15, 0.2) is 20.0 Å². The Morgan fingerprint density at radius 1 is 1.50 bits per heavy atom. The van der Waals surface area contributed by atoms with Gasteiger partial charge in [0.15, 0.2) is 4.67 Å². The summed E-state index contributed by atoms with van der Waals surface area (Å²) in [6.07, 6.45) is 0.900. The third-order valence-corrected chi connectivity index (χ3v) is 6.41. The molecule has 1 fully saturated rings. The second-order valence-electron chi connectivity index (χ2n) is 4.91. The van der Waals surface area contributed by atoms with Crippen molar-refractivity contribution in [2.45, 2.75) is 30.9 Å². The molecule has 0 aliphatic carbocycles. The molecule has 6 nitrogen and oxygen atoms in total. The largest absolute Gasteiger partial charge is 0.450 e. The van der Waals surface area contributed by atoms with Crippen molar-refractivity contribution in [1.82, 2.24) is 9.21 Å². The molecule has 1 aliphatic rings. The summed E-state index contributed by atoms with van der Waals surface area (Å²) in [6, 6.07) is 1.60. The Labute approximate surface area is 127 Å². The van der Waals surface area contributed by atoms with Crippen LogP contribution in [0, 0.1) is 0 Å². The Morgan fingerprint density at radius 2 is 2.20 bits per heavy atom. The van der Waals surface area contributed by atoms with E-state index >= 15 is 0 Å². The lowest BCUT2D eigenvalue weighted by Gasteiger charge is -2.38. The van der Waals surface area contributed by atoms with Gasteiger partial charge in [0.2, 0.25) is 10.0 Å². The van der Waals surface area contributed by atoms with E-state index in [-0.39, 0.29) is 28.0 Å². The van der Waals surface area contributed by atoms with Crippen LogP contribution in [0.2, 0.25) is 0 Å². The van der Waals surface area contributed by atoms with E-state index in [1.807, 2.05) is 7.05 Å². The predicted octanol–water partition coefficient (Wildman–Crippen LogP) is 1.25. The predicted molar refractivity (Wildman–Crippen MR) is 77.8 cm³/mol. The molecular formula is C12H19BrN2O4S. The zero-order valence-electron chi connectivity index (χ0n) is 11.5. The van der Waals surface area contributed by atoms with E-state index in [4.69, 9.17) is 9.52 Å². The van der Waals surface area contributed by atoms with E-state index in [0.717, 1.165) is 6.42 Å². The summed E-state index contributed by atoms with van der Waals surface area (Å²) >= 11 is 3.11. The van der Waals surface area contributed by atoms with Gasteiger partial charge in [-0.15, -0.1) is 0 Å². The zero-order valence-corrected chi connectivity index (χ0v) is 13.9. The molecule has 114 valence electrons. The SMILES string of the molecule is CCC1CN(S(=O)(=O)c2cc(CO)oc2Br)CCN1C. The molecule has 0 spiro atoms. The van der Waals surface area contributed by atoms with Gasteiger partial charge in [-0.3, -0.25) is 0 Å². The molecule has 1 saturated heterocycles. The Balaban J connectivity index is 2.28. The lowest BCUT2D eigenvalue weighted by atomic mass is 10.1. The molecule has 2 heterocycles. The van der Waals surface area contributed by atoms with E-state index in [1.165, 1.54) is 10.4 Å². The fourth-order valence-electron chi connectivity index (χ4n) is 2.37. The minimum Gasteiger partial charge on any atom is -0.450 e. The molecule has 1 N–H and O–H groups in total. The van der Waals surface area contributed by atoms with E-state index in [2.05, 4.69) is 27.8 Å². The van der Waals surface area contributed by atoms with Gasteiger partial charge >= 0.3 is 0 Å². The average molecular weight is 367 g/mol. The summed E-state index contributed by atoms with van der Waals surface area (Å²) in [4.78, 5) is 2.26. The highest BCUT2D eigenvalue weighted by atomic mass is 79.9. The first-order chi connectivity index (χ1) is 9.40. The highest BCUT2D eigenvalue weighted by molar-refractivity contribution is 9.10. The number of aliphatic hydroxyl groups excluding tert-OH is 1. The quantitative estimate of drug-likeness (QED) is 0.867. The molecule has 0 radical (unpaired) electrons. The van der Waals surface area contributed by atoms with Crippen molar-refractivity contribution >= 4 is 26.0 Å². The van der Waals surface area contributed by atoms with Crippen LogP contribution in [-0.2, 0) is 16.6 Å². The van der Waals surface area contributed by atoms with Crippen LogP contribution in [-0.4, -0.2) is 55.5 Å². The summed E-state index contributed by atoms with van der Waals surface area (Å²) < 4.78 is 32.1. The van der Waals surface area contributed by atoms with E-state index in [9.17, 15) is 8.42 Å². The van der Waals surface area contributed by atoms with E-state index in [0.29, 0.717) is 19.6 Å². The number of rotatable bonds is 4. The van der Waals surface area contributed by atoms with Gasteiger partial charge in [0.05, 0.1) is 0 Å². The Bertz CT molecular complexity index is 572. The van der Waals surface area contributed by atoms with Gasteiger partial charge in [-0.2, -0.15) is 4.31 Å². The smallest absolute Gasteiger partial charge is 0.247 e. The molecule has 1 atom stereocenters. The van der Waals surface area contributed by atoms with Crippen molar-refractivity contribution in [2.24, 2.45) is 0 Å². The third-order valence-electron chi connectivity index (χ3n) is 3.69. The van der Waals surface area contributed by atoms with Crippen molar-refractivity contribution in [1.29, 1.82) is 0 Å². The highest BCUT2D eigenvalue weighted by Gasteiger charge is 2.34. The number of likely N-dealkylation sites (N-methyl/N-ethyl adjacent to an activating group) is 1. The van der Waals surface area contributed by atoms with Crippen molar-refractivity contribution < 1.29 is 17.9 Å². The Kier molecular flexibility index (Phi) is 4.91. The minimum absolute atomic E-state index is 0.0842.